The number of carbonyl (C=O) groups is 1. The van der Waals surface area contributed by atoms with E-state index in [1.807, 2.05) is 36.4 Å². The Kier molecular flexibility index (Phi) is 4.77. The van der Waals surface area contributed by atoms with Gasteiger partial charge in [0.15, 0.2) is 0 Å². The summed E-state index contributed by atoms with van der Waals surface area (Å²) >= 11 is 0. The first kappa shape index (κ1) is 17.4. The number of nitrogens with one attached hydrogen (secondary N) is 2. The van der Waals surface area contributed by atoms with Crippen molar-refractivity contribution in [2.24, 2.45) is 11.1 Å². The molecule has 132 valence electrons. The summed E-state index contributed by atoms with van der Waals surface area (Å²) in [6.07, 6.45) is 4.02. The van der Waals surface area contributed by atoms with Crippen LogP contribution in [0.1, 0.15) is 49.6 Å². The highest BCUT2D eigenvalue weighted by Crippen LogP contribution is 2.32. The number of aromatic amines is 1. The summed E-state index contributed by atoms with van der Waals surface area (Å²) in [5.41, 5.74) is 8.53. The van der Waals surface area contributed by atoms with E-state index in [1.54, 1.807) is 13.8 Å². The number of hydrogen-bond donors (Lipinski definition) is 3. The van der Waals surface area contributed by atoms with Gasteiger partial charge in [-0.2, -0.15) is 0 Å². The highest BCUT2D eigenvalue weighted by molar-refractivity contribution is 5.95. The molecule has 1 aliphatic rings. The topological polar surface area (TPSA) is 88.0 Å². The zero-order valence-electron chi connectivity index (χ0n) is 14.8. The molecule has 25 heavy (non-hydrogen) atoms. The molecule has 5 heteroatoms. The molecule has 3 rings (SSSR count). The van der Waals surface area contributed by atoms with Crippen LogP contribution < -0.4 is 16.6 Å². The fourth-order valence-electron chi connectivity index (χ4n) is 3.27. The highest BCUT2D eigenvalue weighted by atomic mass is 16.2. The molecule has 0 fully saturated rings. The summed E-state index contributed by atoms with van der Waals surface area (Å²) in [4.78, 5) is 28.0. The van der Waals surface area contributed by atoms with Crippen LogP contribution in [0.5, 0.6) is 0 Å². The molecular weight excluding hydrogens is 314 g/mol. The van der Waals surface area contributed by atoms with Crippen molar-refractivity contribution < 1.29 is 4.79 Å². The second-order valence-corrected chi connectivity index (χ2v) is 7.29. The molecule has 0 saturated carbocycles. The van der Waals surface area contributed by atoms with Crippen LogP contribution in [0.15, 0.2) is 41.2 Å². The van der Waals surface area contributed by atoms with Crippen LogP contribution in [0.25, 0.3) is 0 Å². The Hall–Kier alpha value is -2.40. The molecule has 1 aromatic heterocycles. The van der Waals surface area contributed by atoms with Gasteiger partial charge in [-0.05, 0) is 56.7 Å². The quantitative estimate of drug-likeness (QED) is 0.800. The zero-order chi connectivity index (χ0) is 18.0. The lowest BCUT2D eigenvalue weighted by atomic mass is 9.80. The Morgan fingerprint density at radius 3 is 2.60 bits per heavy atom. The van der Waals surface area contributed by atoms with Gasteiger partial charge in [0, 0.05) is 11.7 Å². The first-order valence-corrected chi connectivity index (χ1v) is 8.76. The standard InChI is InChI=1S/C20H25N3O2/c1-20(2,17(21)13-8-4-3-5-9-13)19(25)23-16-12-14-10-6-7-11-15(14)22-18(16)24/h3-5,8-9,12,17H,6-7,10-11,21H2,1-2H3,(H,22,24)(H,23,25). The second-order valence-electron chi connectivity index (χ2n) is 7.29. The van der Waals surface area contributed by atoms with Crippen molar-refractivity contribution >= 4 is 11.6 Å². The number of anilines is 1. The highest BCUT2D eigenvalue weighted by Gasteiger charge is 2.36. The summed E-state index contributed by atoms with van der Waals surface area (Å²) < 4.78 is 0. The summed E-state index contributed by atoms with van der Waals surface area (Å²) in [5, 5.41) is 2.79. The van der Waals surface area contributed by atoms with Gasteiger partial charge in [0.1, 0.15) is 5.69 Å². The second kappa shape index (κ2) is 6.84. The molecule has 0 spiro atoms. The molecule has 1 unspecified atom stereocenters. The van der Waals surface area contributed by atoms with Gasteiger partial charge >= 0.3 is 0 Å². The van der Waals surface area contributed by atoms with Crippen molar-refractivity contribution in [1.82, 2.24) is 4.98 Å². The predicted octanol–water partition coefficient (Wildman–Crippen LogP) is 2.92. The summed E-state index contributed by atoms with van der Waals surface area (Å²) in [6, 6.07) is 10.9. The van der Waals surface area contributed by atoms with E-state index in [-0.39, 0.29) is 11.5 Å². The fourth-order valence-corrected chi connectivity index (χ4v) is 3.27. The number of aryl methyl sites for hydroxylation is 2. The van der Waals surface area contributed by atoms with E-state index in [9.17, 15) is 9.59 Å². The van der Waals surface area contributed by atoms with E-state index < -0.39 is 11.5 Å². The normalized spacial score (nSPS) is 15.3. The summed E-state index contributed by atoms with van der Waals surface area (Å²) in [5.74, 6) is -0.259. The van der Waals surface area contributed by atoms with Crippen LogP contribution in [-0.2, 0) is 17.6 Å². The molecule has 2 aromatic rings. The van der Waals surface area contributed by atoms with Crippen molar-refractivity contribution in [3.63, 3.8) is 0 Å². The molecular formula is C20H25N3O2. The lowest BCUT2D eigenvalue weighted by molar-refractivity contribution is -0.125. The van der Waals surface area contributed by atoms with Crippen LogP contribution in [0.3, 0.4) is 0 Å². The van der Waals surface area contributed by atoms with E-state index in [2.05, 4.69) is 10.3 Å². The van der Waals surface area contributed by atoms with Gasteiger partial charge in [-0.3, -0.25) is 9.59 Å². The lowest BCUT2D eigenvalue weighted by Gasteiger charge is -2.30. The Labute approximate surface area is 147 Å². The third kappa shape index (κ3) is 3.51. The number of H-pyrrole nitrogens is 1. The molecule has 1 aliphatic carbocycles. The molecule has 0 saturated heterocycles. The van der Waals surface area contributed by atoms with Crippen LogP contribution in [0, 0.1) is 5.41 Å². The monoisotopic (exact) mass is 339 g/mol. The van der Waals surface area contributed by atoms with Crippen molar-refractivity contribution in [3.05, 3.63) is 63.6 Å². The van der Waals surface area contributed by atoms with Gasteiger partial charge in [0.25, 0.3) is 5.56 Å². The summed E-state index contributed by atoms with van der Waals surface area (Å²) in [7, 11) is 0. The average molecular weight is 339 g/mol. The minimum atomic E-state index is -0.857. The zero-order valence-corrected chi connectivity index (χ0v) is 14.8. The van der Waals surface area contributed by atoms with Gasteiger partial charge in [-0.1, -0.05) is 30.3 Å². The first-order chi connectivity index (χ1) is 11.9. The van der Waals surface area contributed by atoms with Gasteiger partial charge in [0.05, 0.1) is 5.41 Å². The number of fused-ring (bicyclic) bond motifs is 1. The number of carbonyl (C=O) groups excluding carboxylic acids is 1. The SMILES string of the molecule is CC(C)(C(=O)Nc1cc2c([nH]c1=O)CCCC2)C(N)c1ccccc1. The Bertz CT molecular complexity index is 825. The van der Waals surface area contributed by atoms with Crippen molar-refractivity contribution in [2.45, 2.75) is 45.6 Å². The molecule has 0 aliphatic heterocycles. The molecule has 0 radical (unpaired) electrons. The van der Waals surface area contributed by atoms with Crippen LogP contribution in [-0.4, -0.2) is 10.9 Å². The van der Waals surface area contributed by atoms with Crippen molar-refractivity contribution in [3.8, 4) is 0 Å². The van der Waals surface area contributed by atoms with E-state index in [0.29, 0.717) is 5.69 Å². The molecule has 4 N–H and O–H groups in total. The maximum atomic E-state index is 12.8. The number of aromatic nitrogens is 1. The average Bonchev–Trinajstić information content (AvgIpc) is 2.62. The maximum absolute atomic E-state index is 12.8. The third-order valence-corrected chi connectivity index (χ3v) is 5.11. The Balaban J connectivity index is 1.83. The summed E-state index contributed by atoms with van der Waals surface area (Å²) in [6.45, 7) is 3.60. The largest absolute Gasteiger partial charge is 0.324 e. The first-order valence-electron chi connectivity index (χ1n) is 8.76. The minimum Gasteiger partial charge on any atom is -0.324 e. The van der Waals surface area contributed by atoms with E-state index >= 15 is 0 Å². The van der Waals surface area contributed by atoms with Crippen molar-refractivity contribution in [1.29, 1.82) is 0 Å². The smallest absolute Gasteiger partial charge is 0.271 e. The van der Waals surface area contributed by atoms with E-state index in [0.717, 1.165) is 42.5 Å². The molecule has 1 aromatic carbocycles. The van der Waals surface area contributed by atoms with E-state index in [4.69, 9.17) is 5.73 Å². The number of nitrogens with two attached hydrogens (primary N) is 1. The number of hydrogen-bond acceptors (Lipinski definition) is 3. The fraction of sp³-hybridized carbons (Fsp3) is 0.400. The molecule has 1 heterocycles. The molecule has 1 atom stereocenters. The van der Waals surface area contributed by atoms with Gasteiger partial charge in [0.2, 0.25) is 5.91 Å². The van der Waals surface area contributed by atoms with Crippen LogP contribution in [0.4, 0.5) is 5.69 Å². The number of rotatable bonds is 4. The minimum absolute atomic E-state index is 0.252. The number of benzene rings is 1. The molecule has 1 amide bonds. The van der Waals surface area contributed by atoms with Crippen molar-refractivity contribution in [2.75, 3.05) is 5.32 Å². The lowest BCUT2D eigenvalue weighted by Crippen LogP contribution is -2.41. The number of pyridine rings is 1. The third-order valence-electron chi connectivity index (χ3n) is 5.11. The van der Waals surface area contributed by atoms with E-state index in [1.165, 1.54) is 0 Å². The van der Waals surface area contributed by atoms with Gasteiger partial charge in [-0.25, -0.2) is 0 Å². The number of amides is 1. The van der Waals surface area contributed by atoms with Gasteiger partial charge in [-0.15, -0.1) is 0 Å². The van der Waals surface area contributed by atoms with Crippen LogP contribution in [0.2, 0.25) is 0 Å². The Morgan fingerprint density at radius 2 is 1.88 bits per heavy atom. The maximum Gasteiger partial charge on any atom is 0.271 e. The van der Waals surface area contributed by atoms with Gasteiger partial charge < -0.3 is 16.0 Å². The molecule has 0 bridgehead atoms. The van der Waals surface area contributed by atoms with Crippen LogP contribution >= 0.6 is 0 Å². The predicted molar refractivity (Wildman–Crippen MR) is 99.5 cm³/mol. The molecule has 5 nitrogen and oxygen atoms in total. The Morgan fingerprint density at radius 1 is 1.20 bits per heavy atom.